The van der Waals surface area contributed by atoms with Crippen LogP contribution in [-0.2, 0) is 0 Å². The van der Waals surface area contributed by atoms with Crippen molar-refractivity contribution in [2.45, 2.75) is 32.9 Å². The topological polar surface area (TPSA) is 73.1 Å². The Hall–Kier alpha value is -1.98. The smallest absolute Gasteiger partial charge is 0.138 e. The third-order valence-electron chi connectivity index (χ3n) is 3.00. The van der Waals surface area contributed by atoms with Gasteiger partial charge in [0.15, 0.2) is 0 Å². The lowest BCUT2D eigenvalue weighted by Gasteiger charge is -2.19. The summed E-state index contributed by atoms with van der Waals surface area (Å²) in [6.07, 6.45) is 7.17. The van der Waals surface area contributed by atoms with E-state index in [4.69, 9.17) is 10.6 Å². The van der Waals surface area contributed by atoms with E-state index in [1.54, 1.807) is 18.6 Å². The van der Waals surface area contributed by atoms with Crippen molar-refractivity contribution in [3.63, 3.8) is 0 Å². The van der Waals surface area contributed by atoms with E-state index in [0.29, 0.717) is 0 Å². The highest BCUT2D eigenvalue weighted by Crippen LogP contribution is 2.25. The van der Waals surface area contributed by atoms with Gasteiger partial charge in [0, 0.05) is 18.6 Å². The van der Waals surface area contributed by atoms with Gasteiger partial charge in [0.1, 0.15) is 5.75 Å². The van der Waals surface area contributed by atoms with Gasteiger partial charge in [-0.1, -0.05) is 0 Å². The molecule has 0 saturated heterocycles. The quantitative estimate of drug-likeness (QED) is 0.644. The van der Waals surface area contributed by atoms with Gasteiger partial charge in [-0.15, -0.1) is 0 Å². The molecule has 0 saturated carbocycles. The predicted molar refractivity (Wildman–Crippen MR) is 78.1 cm³/mol. The molecule has 1 unspecified atom stereocenters. The highest BCUT2D eigenvalue weighted by Gasteiger charge is 2.16. The number of hydrogen-bond donors (Lipinski definition) is 2. The Morgan fingerprint density at radius 1 is 1.20 bits per heavy atom. The summed E-state index contributed by atoms with van der Waals surface area (Å²) < 4.78 is 5.67. The predicted octanol–water partition coefficient (Wildman–Crippen LogP) is 2.12. The lowest BCUT2D eigenvalue weighted by atomic mass is 9.98. The van der Waals surface area contributed by atoms with E-state index in [2.05, 4.69) is 15.4 Å². The molecule has 2 aromatic heterocycles. The highest BCUT2D eigenvalue weighted by atomic mass is 16.5. The van der Waals surface area contributed by atoms with Gasteiger partial charge in [-0.2, -0.15) is 0 Å². The van der Waals surface area contributed by atoms with Crippen molar-refractivity contribution in [1.82, 2.24) is 15.4 Å². The molecule has 0 aliphatic heterocycles. The zero-order valence-electron chi connectivity index (χ0n) is 12.0. The van der Waals surface area contributed by atoms with Gasteiger partial charge in [0.25, 0.3) is 0 Å². The Kier molecular flexibility index (Phi) is 4.65. The molecule has 3 N–H and O–H groups in total. The van der Waals surface area contributed by atoms with Gasteiger partial charge in [-0.3, -0.25) is 15.8 Å². The van der Waals surface area contributed by atoms with Crippen molar-refractivity contribution >= 4 is 0 Å². The number of ether oxygens (including phenoxy) is 1. The first-order valence-electron chi connectivity index (χ1n) is 6.60. The van der Waals surface area contributed by atoms with Crippen molar-refractivity contribution in [3.05, 3.63) is 53.6 Å². The van der Waals surface area contributed by atoms with E-state index in [0.717, 1.165) is 22.4 Å². The van der Waals surface area contributed by atoms with E-state index in [1.165, 1.54) is 0 Å². The second-order valence-corrected chi connectivity index (χ2v) is 4.95. The average Bonchev–Trinajstić information content (AvgIpc) is 2.41. The summed E-state index contributed by atoms with van der Waals surface area (Å²) in [5.41, 5.74) is 5.92. The standard InChI is InChI=1S/C15H20N4O/c1-10(2)20-13-6-12(7-18-8-13)15(19-16)14-9-17-5-4-11(14)3/h4-10,15,19H,16H2,1-3H3. The van der Waals surface area contributed by atoms with E-state index in [-0.39, 0.29) is 12.1 Å². The van der Waals surface area contributed by atoms with Crippen molar-refractivity contribution in [3.8, 4) is 5.75 Å². The van der Waals surface area contributed by atoms with Gasteiger partial charge in [-0.05, 0) is 49.6 Å². The number of rotatable bonds is 5. The summed E-state index contributed by atoms with van der Waals surface area (Å²) in [7, 11) is 0. The fourth-order valence-electron chi connectivity index (χ4n) is 2.07. The first kappa shape index (κ1) is 14.4. The first-order chi connectivity index (χ1) is 9.61. The molecule has 5 nitrogen and oxygen atoms in total. The summed E-state index contributed by atoms with van der Waals surface area (Å²) in [5.74, 6) is 6.45. The Morgan fingerprint density at radius 3 is 2.65 bits per heavy atom. The first-order valence-corrected chi connectivity index (χ1v) is 6.60. The molecule has 106 valence electrons. The van der Waals surface area contributed by atoms with Gasteiger partial charge < -0.3 is 4.74 Å². The molecular weight excluding hydrogens is 252 g/mol. The van der Waals surface area contributed by atoms with Gasteiger partial charge in [-0.25, -0.2) is 5.43 Å². The van der Waals surface area contributed by atoms with Gasteiger partial charge in [0.05, 0.1) is 18.3 Å². The minimum atomic E-state index is -0.160. The summed E-state index contributed by atoms with van der Waals surface area (Å²) in [6.45, 7) is 6.00. The molecule has 1 atom stereocenters. The monoisotopic (exact) mass is 272 g/mol. The van der Waals surface area contributed by atoms with Crippen LogP contribution in [0.15, 0.2) is 36.9 Å². The van der Waals surface area contributed by atoms with Crippen LogP contribution in [0, 0.1) is 6.92 Å². The fraction of sp³-hybridized carbons (Fsp3) is 0.333. The van der Waals surface area contributed by atoms with Crippen LogP contribution in [0.25, 0.3) is 0 Å². The SMILES string of the molecule is Cc1ccncc1C(NN)c1cncc(OC(C)C)c1. The van der Waals surface area contributed by atoms with Gasteiger partial charge in [0.2, 0.25) is 0 Å². The number of aromatic nitrogens is 2. The molecule has 0 aromatic carbocycles. The Balaban J connectivity index is 2.35. The van der Waals surface area contributed by atoms with Crippen LogP contribution in [-0.4, -0.2) is 16.1 Å². The van der Waals surface area contributed by atoms with E-state index < -0.39 is 0 Å². The van der Waals surface area contributed by atoms with Crippen molar-refractivity contribution in [2.24, 2.45) is 5.84 Å². The van der Waals surface area contributed by atoms with Crippen LogP contribution in [0.5, 0.6) is 5.75 Å². The average molecular weight is 272 g/mol. The number of aryl methyl sites for hydroxylation is 1. The molecule has 5 heteroatoms. The zero-order valence-corrected chi connectivity index (χ0v) is 12.0. The van der Waals surface area contributed by atoms with E-state index in [9.17, 15) is 0 Å². The molecule has 0 bridgehead atoms. The normalized spacial score (nSPS) is 12.4. The number of nitrogens with zero attached hydrogens (tertiary/aromatic N) is 2. The molecule has 0 aliphatic carbocycles. The molecule has 0 radical (unpaired) electrons. The summed E-state index contributed by atoms with van der Waals surface area (Å²) in [5, 5.41) is 0. The largest absolute Gasteiger partial charge is 0.489 e. The number of pyridine rings is 2. The molecule has 0 aliphatic rings. The molecule has 0 spiro atoms. The van der Waals surface area contributed by atoms with Crippen molar-refractivity contribution < 1.29 is 4.74 Å². The maximum Gasteiger partial charge on any atom is 0.138 e. The van der Waals surface area contributed by atoms with Crippen LogP contribution in [0.3, 0.4) is 0 Å². The van der Waals surface area contributed by atoms with Gasteiger partial charge >= 0.3 is 0 Å². The van der Waals surface area contributed by atoms with E-state index in [1.807, 2.05) is 39.1 Å². The second-order valence-electron chi connectivity index (χ2n) is 4.95. The number of nitrogens with one attached hydrogen (secondary N) is 1. The van der Waals surface area contributed by atoms with Crippen LogP contribution < -0.4 is 16.0 Å². The van der Waals surface area contributed by atoms with Crippen molar-refractivity contribution in [2.75, 3.05) is 0 Å². The molecule has 20 heavy (non-hydrogen) atoms. The molecule has 0 fully saturated rings. The molecular formula is C15H20N4O. The van der Waals surface area contributed by atoms with Crippen molar-refractivity contribution in [1.29, 1.82) is 0 Å². The summed E-state index contributed by atoms with van der Waals surface area (Å²) in [4.78, 5) is 8.38. The second kappa shape index (κ2) is 6.45. The minimum Gasteiger partial charge on any atom is -0.489 e. The van der Waals surface area contributed by atoms with Crippen LogP contribution >= 0.6 is 0 Å². The molecule has 2 rings (SSSR count). The van der Waals surface area contributed by atoms with E-state index >= 15 is 0 Å². The maximum atomic E-state index is 5.71. The summed E-state index contributed by atoms with van der Waals surface area (Å²) in [6, 6.07) is 3.75. The number of hydrogen-bond acceptors (Lipinski definition) is 5. The Bertz CT molecular complexity index is 571. The van der Waals surface area contributed by atoms with Crippen LogP contribution in [0.2, 0.25) is 0 Å². The lowest BCUT2D eigenvalue weighted by molar-refractivity contribution is 0.241. The van der Waals surface area contributed by atoms with Crippen LogP contribution in [0.4, 0.5) is 0 Å². The Morgan fingerprint density at radius 2 is 2.00 bits per heavy atom. The third-order valence-corrected chi connectivity index (χ3v) is 3.00. The molecule has 0 amide bonds. The fourth-order valence-corrected chi connectivity index (χ4v) is 2.07. The minimum absolute atomic E-state index is 0.108. The highest BCUT2D eigenvalue weighted by molar-refractivity contribution is 5.36. The zero-order chi connectivity index (χ0) is 14.5. The van der Waals surface area contributed by atoms with Crippen LogP contribution in [0.1, 0.15) is 36.6 Å². The lowest BCUT2D eigenvalue weighted by Crippen LogP contribution is -2.29. The summed E-state index contributed by atoms with van der Waals surface area (Å²) >= 11 is 0. The number of hydrazine groups is 1. The third kappa shape index (κ3) is 3.31. The Labute approximate surface area is 119 Å². The number of nitrogens with two attached hydrogens (primary N) is 1. The molecule has 2 aromatic rings. The molecule has 2 heterocycles. The maximum absolute atomic E-state index is 5.71.